The molecule has 1 aliphatic heterocycles. The van der Waals surface area contributed by atoms with Gasteiger partial charge in [-0.1, -0.05) is 48.3 Å². The van der Waals surface area contributed by atoms with Crippen LogP contribution < -0.4 is 5.43 Å². The quantitative estimate of drug-likeness (QED) is 0.328. The number of benzene rings is 2. The van der Waals surface area contributed by atoms with E-state index < -0.39 is 10.0 Å². The van der Waals surface area contributed by atoms with E-state index in [0.717, 1.165) is 24.0 Å². The van der Waals surface area contributed by atoms with Gasteiger partial charge in [0.15, 0.2) is 0 Å². The van der Waals surface area contributed by atoms with Gasteiger partial charge in [0.1, 0.15) is 0 Å². The largest absolute Gasteiger partial charge is 0.253 e. The molecule has 10 heteroatoms. The molecule has 1 aromatic heterocycles. The van der Waals surface area contributed by atoms with E-state index in [2.05, 4.69) is 22.4 Å². The second kappa shape index (κ2) is 9.89. The molecule has 6 nitrogen and oxygen atoms in total. The van der Waals surface area contributed by atoms with Gasteiger partial charge in [-0.15, -0.1) is 11.3 Å². The Morgan fingerprint density at radius 1 is 1.19 bits per heavy atom. The van der Waals surface area contributed by atoms with Crippen molar-refractivity contribution in [3.8, 4) is 11.3 Å². The minimum Gasteiger partial charge on any atom is -0.253 e. The number of nitrogens with one attached hydrogen (secondary N) is 1. The molecule has 2 aromatic carbocycles. The molecule has 3 aromatic rings. The van der Waals surface area contributed by atoms with Crippen LogP contribution in [-0.4, -0.2) is 37.0 Å². The summed E-state index contributed by atoms with van der Waals surface area (Å²) < 4.78 is 27.7. The number of thiazole rings is 1. The number of hydrazone groups is 1. The van der Waals surface area contributed by atoms with Gasteiger partial charge < -0.3 is 0 Å². The van der Waals surface area contributed by atoms with Crippen LogP contribution in [-0.2, 0) is 10.0 Å². The Morgan fingerprint density at radius 2 is 1.97 bits per heavy atom. The number of nitrogens with zero attached hydrogens (tertiary/aromatic N) is 3. The second-order valence-electron chi connectivity index (χ2n) is 7.69. The van der Waals surface area contributed by atoms with Crippen LogP contribution in [0.4, 0.5) is 5.13 Å². The zero-order chi connectivity index (χ0) is 22.7. The predicted octanol–water partition coefficient (Wildman–Crippen LogP) is 5.98. The standard InChI is InChI=1S/C22H22Cl2N4O2S2/c1-15-7-9-28(10-8-15)32(29,30)19-4-2-3-16(11-19)21-14-31-22(26-21)27-25-13-17-5-6-18(23)12-20(17)24/h2-6,11-15H,7-10H2,1H3,(H,26,27). The van der Waals surface area contributed by atoms with Crippen molar-refractivity contribution in [1.29, 1.82) is 0 Å². The van der Waals surface area contributed by atoms with Gasteiger partial charge in [0.25, 0.3) is 0 Å². The van der Waals surface area contributed by atoms with Crippen LogP contribution >= 0.6 is 34.5 Å². The SMILES string of the molecule is CC1CCN(S(=O)(=O)c2cccc(-c3csc(NN=Cc4ccc(Cl)cc4Cl)n3)c2)CC1. The molecule has 2 heterocycles. The first kappa shape index (κ1) is 23.2. The van der Waals surface area contributed by atoms with Gasteiger partial charge in [0.2, 0.25) is 15.2 Å². The average molecular weight is 509 g/mol. The fraction of sp³-hybridized carbons (Fsp3) is 0.273. The highest BCUT2D eigenvalue weighted by atomic mass is 35.5. The number of anilines is 1. The number of piperidine rings is 1. The van der Waals surface area contributed by atoms with Gasteiger partial charge in [-0.2, -0.15) is 9.41 Å². The number of hydrogen-bond donors (Lipinski definition) is 1. The number of halogens is 2. The number of sulfonamides is 1. The minimum atomic E-state index is -3.51. The monoisotopic (exact) mass is 508 g/mol. The number of rotatable bonds is 6. The summed E-state index contributed by atoms with van der Waals surface area (Å²) in [5, 5.41) is 7.68. The number of hydrogen-bond acceptors (Lipinski definition) is 6. The Labute approximate surface area is 201 Å². The van der Waals surface area contributed by atoms with Crippen LogP contribution in [0.25, 0.3) is 11.3 Å². The first-order valence-electron chi connectivity index (χ1n) is 10.1. The molecule has 1 aliphatic rings. The summed E-state index contributed by atoms with van der Waals surface area (Å²) in [5.74, 6) is 0.562. The molecule has 0 amide bonds. The molecule has 0 spiro atoms. The highest BCUT2D eigenvalue weighted by Crippen LogP contribution is 2.29. The summed E-state index contributed by atoms with van der Waals surface area (Å²) in [5.41, 5.74) is 5.03. The summed E-state index contributed by atoms with van der Waals surface area (Å²) in [6, 6.07) is 12.1. The van der Waals surface area contributed by atoms with E-state index >= 15 is 0 Å². The summed E-state index contributed by atoms with van der Waals surface area (Å²) in [6.45, 7) is 3.29. The molecule has 0 saturated carbocycles. The van der Waals surface area contributed by atoms with Gasteiger partial charge in [-0.05, 0) is 43.0 Å². The number of aromatic nitrogens is 1. The molecule has 4 rings (SSSR count). The predicted molar refractivity (Wildman–Crippen MR) is 132 cm³/mol. The molecule has 168 valence electrons. The third-order valence-corrected chi connectivity index (χ3v) is 8.54. The Balaban J connectivity index is 1.48. The Kier molecular flexibility index (Phi) is 7.17. The summed E-state index contributed by atoms with van der Waals surface area (Å²) in [6.07, 6.45) is 3.37. The Morgan fingerprint density at radius 3 is 2.72 bits per heavy atom. The van der Waals surface area contributed by atoms with E-state index in [0.29, 0.717) is 44.8 Å². The van der Waals surface area contributed by atoms with E-state index in [9.17, 15) is 8.42 Å². The lowest BCUT2D eigenvalue weighted by molar-refractivity contribution is 0.288. The van der Waals surface area contributed by atoms with Crippen molar-refractivity contribution in [3.05, 3.63) is 63.5 Å². The minimum absolute atomic E-state index is 0.294. The van der Waals surface area contributed by atoms with E-state index in [1.807, 2.05) is 11.4 Å². The molecule has 1 fully saturated rings. The lowest BCUT2D eigenvalue weighted by atomic mass is 10.0. The first-order chi connectivity index (χ1) is 15.3. The van der Waals surface area contributed by atoms with Gasteiger partial charge in [0, 0.05) is 34.6 Å². The zero-order valence-electron chi connectivity index (χ0n) is 17.3. The smallest absolute Gasteiger partial charge is 0.243 e. The lowest BCUT2D eigenvalue weighted by Gasteiger charge is -2.29. The van der Waals surface area contributed by atoms with Crippen molar-refractivity contribution < 1.29 is 8.42 Å². The molecule has 32 heavy (non-hydrogen) atoms. The van der Waals surface area contributed by atoms with Crippen molar-refractivity contribution in [1.82, 2.24) is 9.29 Å². The van der Waals surface area contributed by atoms with Gasteiger partial charge in [0.05, 0.1) is 21.8 Å². The van der Waals surface area contributed by atoms with Crippen molar-refractivity contribution in [3.63, 3.8) is 0 Å². The van der Waals surface area contributed by atoms with Crippen LogP contribution in [0.2, 0.25) is 10.0 Å². The lowest BCUT2D eigenvalue weighted by Crippen LogP contribution is -2.37. The molecule has 0 unspecified atom stereocenters. The Bertz CT molecular complexity index is 1240. The molecular formula is C22H22Cl2N4O2S2. The highest BCUT2D eigenvalue weighted by molar-refractivity contribution is 7.89. The summed E-state index contributed by atoms with van der Waals surface area (Å²) in [4.78, 5) is 4.82. The van der Waals surface area contributed by atoms with Crippen LogP contribution in [0.3, 0.4) is 0 Å². The van der Waals surface area contributed by atoms with Crippen LogP contribution in [0.15, 0.2) is 57.8 Å². The molecule has 1 N–H and O–H groups in total. The third-order valence-electron chi connectivity index (χ3n) is 5.34. The van der Waals surface area contributed by atoms with Crippen molar-refractivity contribution >= 4 is 55.9 Å². The van der Waals surface area contributed by atoms with E-state index in [4.69, 9.17) is 23.2 Å². The normalized spacial score (nSPS) is 16.0. The van der Waals surface area contributed by atoms with E-state index in [-0.39, 0.29) is 0 Å². The van der Waals surface area contributed by atoms with Crippen molar-refractivity contribution in [2.24, 2.45) is 11.0 Å². The molecular weight excluding hydrogens is 487 g/mol. The molecule has 0 radical (unpaired) electrons. The maximum atomic E-state index is 13.1. The maximum absolute atomic E-state index is 13.1. The fourth-order valence-electron chi connectivity index (χ4n) is 3.41. The maximum Gasteiger partial charge on any atom is 0.243 e. The zero-order valence-corrected chi connectivity index (χ0v) is 20.5. The molecule has 0 atom stereocenters. The van der Waals surface area contributed by atoms with Gasteiger partial charge >= 0.3 is 0 Å². The van der Waals surface area contributed by atoms with Gasteiger partial charge in [-0.3, -0.25) is 5.43 Å². The highest BCUT2D eigenvalue weighted by Gasteiger charge is 2.28. The first-order valence-corrected chi connectivity index (χ1v) is 13.2. The third kappa shape index (κ3) is 5.32. The second-order valence-corrected chi connectivity index (χ2v) is 11.3. The van der Waals surface area contributed by atoms with Crippen LogP contribution in [0.1, 0.15) is 25.3 Å². The van der Waals surface area contributed by atoms with Crippen LogP contribution in [0, 0.1) is 5.92 Å². The molecule has 0 bridgehead atoms. The molecule has 1 saturated heterocycles. The topological polar surface area (TPSA) is 74.7 Å². The fourth-order valence-corrected chi connectivity index (χ4v) is 6.05. The van der Waals surface area contributed by atoms with E-state index in [1.165, 1.54) is 11.3 Å². The average Bonchev–Trinajstić information content (AvgIpc) is 3.25. The summed E-state index contributed by atoms with van der Waals surface area (Å²) >= 11 is 13.4. The van der Waals surface area contributed by atoms with Crippen LogP contribution in [0.5, 0.6) is 0 Å². The Hall–Kier alpha value is -1.97. The van der Waals surface area contributed by atoms with Crippen molar-refractivity contribution in [2.45, 2.75) is 24.7 Å². The van der Waals surface area contributed by atoms with Crippen molar-refractivity contribution in [2.75, 3.05) is 18.5 Å². The molecule has 0 aliphatic carbocycles. The summed E-state index contributed by atoms with van der Waals surface area (Å²) in [7, 11) is -3.51. The van der Waals surface area contributed by atoms with Gasteiger partial charge in [-0.25, -0.2) is 13.4 Å². The van der Waals surface area contributed by atoms with E-state index in [1.54, 1.807) is 46.9 Å².